The van der Waals surface area contributed by atoms with Gasteiger partial charge in [0.05, 0.1) is 79.3 Å². The third-order valence-corrected chi connectivity index (χ3v) is 6.04. The lowest BCUT2D eigenvalue weighted by molar-refractivity contribution is 0.0275. The molecule has 0 bridgehead atoms. The molecule has 0 amide bonds. The normalized spacial score (nSPS) is 11.6. The van der Waals surface area contributed by atoms with Crippen LogP contribution in [0.4, 0.5) is 0 Å². The van der Waals surface area contributed by atoms with E-state index in [0.717, 1.165) is 19.6 Å². The fraction of sp³-hybridized carbons (Fsp3) is 0.781. The molecule has 45 heavy (non-hydrogen) atoms. The van der Waals surface area contributed by atoms with E-state index in [1.807, 2.05) is 42.3 Å². The Labute approximate surface area is 270 Å². The standard InChI is InChI=1S/C32H59N3O10/c1-28(36)29-26-30(43-23-20-40-17-14-37-11-8-33(2)3)32(45-25-22-42-19-16-39-13-10-35(6)7)31(27-29)44-24-21-41-18-15-38-12-9-34(4)5/h26-27H,8-25H2,1-7H3. The van der Waals surface area contributed by atoms with Crippen molar-refractivity contribution in [2.45, 2.75) is 6.92 Å². The van der Waals surface area contributed by atoms with Gasteiger partial charge in [0.2, 0.25) is 5.75 Å². The third-order valence-electron chi connectivity index (χ3n) is 6.04. The van der Waals surface area contributed by atoms with Gasteiger partial charge in [-0.05, 0) is 61.3 Å². The van der Waals surface area contributed by atoms with Crippen LogP contribution in [0.3, 0.4) is 0 Å². The Morgan fingerprint density at radius 3 is 1.07 bits per heavy atom. The highest BCUT2D eigenvalue weighted by Gasteiger charge is 2.18. The number of carbonyl (C=O) groups excluding carboxylic acids is 1. The minimum absolute atomic E-state index is 0.119. The minimum atomic E-state index is -0.119. The zero-order valence-corrected chi connectivity index (χ0v) is 28.8. The first kappa shape index (κ1) is 41.0. The quantitative estimate of drug-likeness (QED) is 0.0866. The predicted octanol–water partition coefficient (Wildman–Crippen LogP) is 1.81. The molecule has 1 aromatic rings. The topological polar surface area (TPSA) is 110 Å². The van der Waals surface area contributed by atoms with Gasteiger partial charge in [0.1, 0.15) is 19.8 Å². The summed E-state index contributed by atoms with van der Waals surface area (Å²) in [6.45, 7) is 10.7. The van der Waals surface area contributed by atoms with E-state index in [0.29, 0.717) is 102 Å². The van der Waals surface area contributed by atoms with Gasteiger partial charge >= 0.3 is 0 Å². The fourth-order valence-electron chi connectivity index (χ4n) is 3.47. The van der Waals surface area contributed by atoms with E-state index < -0.39 is 0 Å². The van der Waals surface area contributed by atoms with E-state index in [1.54, 1.807) is 12.1 Å². The summed E-state index contributed by atoms with van der Waals surface area (Å²) in [5, 5.41) is 0. The van der Waals surface area contributed by atoms with E-state index in [4.69, 9.17) is 42.6 Å². The molecule has 0 aromatic heterocycles. The summed E-state index contributed by atoms with van der Waals surface area (Å²) in [5.41, 5.74) is 0.448. The summed E-state index contributed by atoms with van der Waals surface area (Å²) in [4.78, 5) is 18.5. The number of ether oxygens (including phenoxy) is 9. The minimum Gasteiger partial charge on any atom is -0.487 e. The van der Waals surface area contributed by atoms with Crippen LogP contribution in [0.1, 0.15) is 17.3 Å². The molecule has 262 valence electrons. The van der Waals surface area contributed by atoms with Crippen molar-refractivity contribution in [2.24, 2.45) is 0 Å². The number of ketones is 1. The van der Waals surface area contributed by atoms with Crippen molar-refractivity contribution >= 4 is 5.78 Å². The number of hydrogen-bond donors (Lipinski definition) is 0. The van der Waals surface area contributed by atoms with Crippen LogP contribution in [0.5, 0.6) is 17.2 Å². The lowest BCUT2D eigenvalue weighted by atomic mass is 10.1. The fourth-order valence-corrected chi connectivity index (χ4v) is 3.47. The first-order valence-corrected chi connectivity index (χ1v) is 15.7. The van der Waals surface area contributed by atoms with Crippen LogP contribution < -0.4 is 14.2 Å². The molecular formula is C32H59N3O10. The zero-order chi connectivity index (χ0) is 33.1. The number of hydrogen-bond acceptors (Lipinski definition) is 13. The van der Waals surface area contributed by atoms with Gasteiger partial charge in [0.15, 0.2) is 17.3 Å². The first-order chi connectivity index (χ1) is 21.7. The number of carbonyl (C=O) groups is 1. The number of nitrogens with zero attached hydrogens (tertiary/aromatic N) is 3. The maximum absolute atomic E-state index is 12.3. The number of likely N-dealkylation sites (N-methyl/N-ethyl adjacent to an activating group) is 3. The second-order valence-electron chi connectivity index (χ2n) is 11.0. The van der Waals surface area contributed by atoms with Crippen molar-refractivity contribution < 1.29 is 47.4 Å². The SMILES string of the molecule is CC(=O)c1cc(OCCOCCOCCN(C)C)c(OCCOCCOCCN(C)C)c(OCCOCCOCCN(C)C)c1. The molecule has 0 aliphatic carbocycles. The molecular weight excluding hydrogens is 586 g/mol. The van der Waals surface area contributed by atoms with Gasteiger partial charge in [0, 0.05) is 25.2 Å². The van der Waals surface area contributed by atoms with Gasteiger partial charge in [-0.25, -0.2) is 0 Å². The van der Waals surface area contributed by atoms with Crippen LogP contribution in [0.25, 0.3) is 0 Å². The molecule has 0 spiro atoms. The van der Waals surface area contributed by atoms with E-state index >= 15 is 0 Å². The zero-order valence-electron chi connectivity index (χ0n) is 28.8. The van der Waals surface area contributed by atoms with Crippen LogP contribution >= 0.6 is 0 Å². The molecule has 0 unspecified atom stereocenters. The Hall–Kier alpha value is -2.07. The van der Waals surface area contributed by atoms with Gasteiger partial charge in [-0.15, -0.1) is 0 Å². The molecule has 0 N–H and O–H groups in total. The van der Waals surface area contributed by atoms with Crippen molar-refractivity contribution in [3.63, 3.8) is 0 Å². The molecule has 0 atom stereocenters. The Balaban J connectivity index is 2.68. The first-order valence-electron chi connectivity index (χ1n) is 15.7. The van der Waals surface area contributed by atoms with Gasteiger partial charge in [-0.3, -0.25) is 4.79 Å². The molecule has 0 saturated carbocycles. The average Bonchev–Trinajstić information content (AvgIpc) is 2.98. The Morgan fingerprint density at radius 1 is 0.467 bits per heavy atom. The highest BCUT2D eigenvalue weighted by Crippen LogP contribution is 2.39. The molecule has 0 aliphatic rings. The van der Waals surface area contributed by atoms with Crippen LogP contribution in [0, 0.1) is 0 Å². The van der Waals surface area contributed by atoms with Crippen LogP contribution in [0.2, 0.25) is 0 Å². The molecule has 0 fully saturated rings. The third kappa shape index (κ3) is 23.0. The summed E-state index contributed by atoms with van der Waals surface area (Å²) in [7, 11) is 12.0. The van der Waals surface area contributed by atoms with Gasteiger partial charge < -0.3 is 57.3 Å². The Kier molecular flexibility index (Phi) is 24.6. The highest BCUT2D eigenvalue weighted by atomic mass is 16.6. The second-order valence-corrected chi connectivity index (χ2v) is 11.0. The van der Waals surface area contributed by atoms with Crippen molar-refractivity contribution in [1.29, 1.82) is 0 Å². The summed E-state index contributed by atoms with van der Waals surface area (Å²) in [5.74, 6) is 1.06. The summed E-state index contributed by atoms with van der Waals surface area (Å²) >= 11 is 0. The van der Waals surface area contributed by atoms with E-state index in [1.165, 1.54) is 6.92 Å². The van der Waals surface area contributed by atoms with Crippen molar-refractivity contribution in [3.8, 4) is 17.2 Å². The summed E-state index contributed by atoms with van der Waals surface area (Å²) in [6.07, 6.45) is 0. The van der Waals surface area contributed by atoms with Crippen LogP contribution in [-0.2, 0) is 28.4 Å². The monoisotopic (exact) mass is 645 g/mol. The molecule has 0 aliphatic heterocycles. The summed E-state index contributed by atoms with van der Waals surface area (Å²) < 4.78 is 51.8. The molecule has 0 radical (unpaired) electrons. The Bertz CT molecular complexity index is 827. The Morgan fingerprint density at radius 2 is 0.756 bits per heavy atom. The number of Topliss-reactive ketones (excluding diaryl/α,β-unsaturated/α-hetero) is 1. The maximum Gasteiger partial charge on any atom is 0.203 e. The smallest absolute Gasteiger partial charge is 0.203 e. The van der Waals surface area contributed by atoms with Crippen molar-refractivity contribution in [3.05, 3.63) is 17.7 Å². The molecule has 0 saturated heterocycles. The maximum atomic E-state index is 12.3. The lowest BCUT2D eigenvalue weighted by Gasteiger charge is -2.18. The van der Waals surface area contributed by atoms with E-state index in [-0.39, 0.29) is 25.6 Å². The molecule has 13 nitrogen and oxygen atoms in total. The second kappa shape index (κ2) is 27.1. The molecule has 1 rings (SSSR count). The highest BCUT2D eigenvalue weighted by molar-refractivity contribution is 5.95. The number of benzene rings is 1. The molecule has 0 heterocycles. The largest absolute Gasteiger partial charge is 0.487 e. The van der Waals surface area contributed by atoms with Gasteiger partial charge in [0.25, 0.3) is 0 Å². The van der Waals surface area contributed by atoms with Gasteiger partial charge in [-0.1, -0.05) is 0 Å². The average molecular weight is 646 g/mol. The summed E-state index contributed by atoms with van der Waals surface area (Å²) in [6, 6.07) is 3.33. The van der Waals surface area contributed by atoms with Crippen LogP contribution in [-0.4, -0.2) is 182 Å². The van der Waals surface area contributed by atoms with Crippen LogP contribution in [0.15, 0.2) is 12.1 Å². The lowest BCUT2D eigenvalue weighted by Crippen LogP contribution is -2.20. The van der Waals surface area contributed by atoms with Crippen molar-refractivity contribution in [2.75, 3.05) is 161 Å². The molecule has 1 aromatic carbocycles. The van der Waals surface area contributed by atoms with Gasteiger partial charge in [-0.2, -0.15) is 0 Å². The predicted molar refractivity (Wildman–Crippen MR) is 174 cm³/mol. The van der Waals surface area contributed by atoms with Crippen molar-refractivity contribution in [1.82, 2.24) is 14.7 Å². The number of rotatable bonds is 31. The van der Waals surface area contributed by atoms with E-state index in [2.05, 4.69) is 14.7 Å². The van der Waals surface area contributed by atoms with E-state index in [9.17, 15) is 4.79 Å². The molecule has 13 heteroatoms.